The van der Waals surface area contributed by atoms with E-state index in [1.807, 2.05) is 0 Å². The van der Waals surface area contributed by atoms with E-state index in [1.165, 1.54) is 22.9 Å². The standard InChI is InChI=1S/C16H24N2O4S/c1-12-6-2-3-7-13(12)17-16(19)14-8-9-15(22-14)23(20,21)18-10-4-5-11-18/h8-9,12-13H,2-7,10-11H2,1H3,(H,17,19)/t12-,13-/m1/s1. The topological polar surface area (TPSA) is 79.6 Å². The van der Waals surface area contributed by atoms with Crippen molar-refractivity contribution in [1.29, 1.82) is 0 Å². The maximum Gasteiger partial charge on any atom is 0.287 e. The zero-order chi connectivity index (χ0) is 16.4. The lowest BCUT2D eigenvalue weighted by Gasteiger charge is -2.29. The number of hydrogen-bond acceptors (Lipinski definition) is 4. The molecule has 7 heteroatoms. The lowest BCUT2D eigenvalue weighted by Crippen LogP contribution is -2.40. The van der Waals surface area contributed by atoms with E-state index in [0.29, 0.717) is 19.0 Å². The van der Waals surface area contributed by atoms with Crippen LogP contribution in [-0.2, 0) is 10.0 Å². The fourth-order valence-electron chi connectivity index (χ4n) is 3.41. The van der Waals surface area contributed by atoms with E-state index in [4.69, 9.17) is 4.42 Å². The minimum atomic E-state index is -3.61. The minimum Gasteiger partial charge on any atom is -0.438 e. The molecular weight excluding hydrogens is 316 g/mol. The highest BCUT2D eigenvalue weighted by Gasteiger charge is 2.31. The number of carbonyl (C=O) groups excluding carboxylic acids is 1. The molecule has 6 nitrogen and oxygen atoms in total. The molecule has 1 aliphatic heterocycles. The van der Waals surface area contributed by atoms with Crippen molar-refractivity contribution in [2.24, 2.45) is 5.92 Å². The average Bonchev–Trinajstić information content (AvgIpc) is 3.21. The monoisotopic (exact) mass is 340 g/mol. The number of sulfonamides is 1. The Balaban J connectivity index is 1.70. The van der Waals surface area contributed by atoms with Gasteiger partial charge in [-0.3, -0.25) is 4.79 Å². The van der Waals surface area contributed by atoms with Crippen LogP contribution in [0.1, 0.15) is 56.0 Å². The van der Waals surface area contributed by atoms with Gasteiger partial charge in [0.2, 0.25) is 5.09 Å². The van der Waals surface area contributed by atoms with Crippen LogP contribution in [0, 0.1) is 5.92 Å². The first-order valence-corrected chi connectivity index (χ1v) is 9.83. The van der Waals surface area contributed by atoms with Gasteiger partial charge < -0.3 is 9.73 Å². The van der Waals surface area contributed by atoms with Crippen LogP contribution in [0.3, 0.4) is 0 Å². The molecule has 0 bridgehead atoms. The molecule has 0 spiro atoms. The van der Waals surface area contributed by atoms with Gasteiger partial charge in [-0.25, -0.2) is 8.42 Å². The first kappa shape index (κ1) is 16.5. The summed E-state index contributed by atoms with van der Waals surface area (Å²) in [5, 5.41) is 2.84. The van der Waals surface area contributed by atoms with Crippen LogP contribution < -0.4 is 5.32 Å². The first-order valence-electron chi connectivity index (χ1n) is 8.39. The van der Waals surface area contributed by atoms with Crippen LogP contribution in [0.2, 0.25) is 0 Å². The second kappa shape index (κ2) is 6.65. The first-order chi connectivity index (χ1) is 11.0. The molecular formula is C16H24N2O4S. The molecule has 128 valence electrons. The summed E-state index contributed by atoms with van der Waals surface area (Å²) in [6.07, 6.45) is 6.12. The van der Waals surface area contributed by atoms with E-state index in [9.17, 15) is 13.2 Å². The van der Waals surface area contributed by atoms with Crippen LogP contribution in [0.4, 0.5) is 0 Å². The Hall–Kier alpha value is -1.34. The summed E-state index contributed by atoms with van der Waals surface area (Å²) in [5.41, 5.74) is 0. The van der Waals surface area contributed by atoms with E-state index in [-0.39, 0.29) is 22.8 Å². The van der Waals surface area contributed by atoms with Crippen molar-refractivity contribution in [2.75, 3.05) is 13.1 Å². The fourth-order valence-corrected chi connectivity index (χ4v) is 4.84. The zero-order valence-electron chi connectivity index (χ0n) is 13.5. The molecule has 1 saturated carbocycles. The molecule has 2 fully saturated rings. The van der Waals surface area contributed by atoms with Crippen LogP contribution in [0.15, 0.2) is 21.6 Å². The van der Waals surface area contributed by atoms with E-state index in [0.717, 1.165) is 32.1 Å². The quantitative estimate of drug-likeness (QED) is 0.912. The van der Waals surface area contributed by atoms with Gasteiger partial charge in [0, 0.05) is 19.1 Å². The van der Waals surface area contributed by atoms with Crippen molar-refractivity contribution >= 4 is 15.9 Å². The molecule has 2 aliphatic rings. The normalized spacial score (nSPS) is 26.3. The van der Waals surface area contributed by atoms with Gasteiger partial charge in [-0.05, 0) is 43.7 Å². The van der Waals surface area contributed by atoms with Crippen LogP contribution in [0.25, 0.3) is 0 Å². The van der Waals surface area contributed by atoms with Crippen molar-refractivity contribution < 1.29 is 17.6 Å². The molecule has 2 atom stereocenters. The Morgan fingerprint density at radius 1 is 1.17 bits per heavy atom. The summed E-state index contributed by atoms with van der Waals surface area (Å²) >= 11 is 0. The lowest BCUT2D eigenvalue weighted by molar-refractivity contribution is 0.0876. The van der Waals surface area contributed by atoms with E-state index in [1.54, 1.807) is 0 Å². The van der Waals surface area contributed by atoms with E-state index in [2.05, 4.69) is 12.2 Å². The molecule has 1 aliphatic carbocycles. The molecule has 0 radical (unpaired) electrons. The molecule has 0 aromatic carbocycles. The molecule has 1 amide bonds. The summed E-state index contributed by atoms with van der Waals surface area (Å²) in [6, 6.07) is 2.97. The van der Waals surface area contributed by atoms with Crippen LogP contribution in [-0.4, -0.2) is 37.8 Å². The Morgan fingerprint density at radius 2 is 1.87 bits per heavy atom. The van der Waals surface area contributed by atoms with Gasteiger partial charge in [-0.15, -0.1) is 0 Å². The number of furan rings is 1. The van der Waals surface area contributed by atoms with E-state index >= 15 is 0 Å². The predicted octanol–water partition coefficient (Wildman–Crippen LogP) is 2.37. The van der Waals surface area contributed by atoms with Crippen LogP contribution >= 0.6 is 0 Å². The largest absolute Gasteiger partial charge is 0.438 e. The molecule has 1 aromatic heterocycles. The smallest absolute Gasteiger partial charge is 0.287 e. The summed E-state index contributed by atoms with van der Waals surface area (Å²) in [5.74, 6) is 0.183. The zero-order valence-corrected chi connectivity index (χ0v) is 14.3. The SMILES string of the molecule is C[C@@H]1CCCC[C@H]1NC(=O)c1ccc(S(=O)(=O)N2CCCC2)o1. The summed E-state index contributed by atoms with van der Waals surface area (Å²) in [6.45, 7) is 3.17. The third kappa shape index (κ3) is 3.45. The average molecular weight is 340 g/mol. The van der Waals surface area contributed by atoms with Gasteiger partial charge in [-0.1, -0.05) is 19.8 Å². The van der Waals surface area contributed by atoms with Gasteiger partial charge in [0.05, 0.1) is 0 Å². The molecule has 0 unspecified atom stereocenters. The number of carbonyl (C=O) groups is 1. The molecule has 1 aromatic rings. The summed E-state index contributed by atoms with van der Waals surface area (Å²) in [7, 11) is -3.61. The van der Waals surface area contributed by atoms with Gasteiger partial charge in [0.25, 0.3) is 15.9 Å². The highest BCUT2D eigenvalue weighted by Crippen LogP contribution is 2.25. The van der Waals surface area contributed by atoms with Crippen molar-refractivity contribution in [3.63, 3.8) is 0 Å². The summed E-state index contributed by atoms with van der Waals surface area (Å²) in [4.78, 5) is 12.3. The van der Waals surface area contributed by atoms with Gasteiger partial charge in [0.15, 0.2) is 5.76 Å². The van der Waals surface area contributed by atoms with Gasteiger partial charge in [-0.2, -0.15) is 4.31 Å². The second-order valence-corrected chi connectivity index (χ2v) is 8.44. The van der Waals surface area contributed by atoms with Gasteiger partial charge >= 0.3 is 0 Å². The third-order valence-electron chi connectivity index (χ3n) is 4.89. The second-order valence-electron chi connectivity index (χ2n) is 6.57. The Labute approximate surface area is 137 Å². The van der Waals surface area contributed by atoms with Crippen molar-refractivity contribution in [3.05, 3.63) is 17.9 Å². The number of hydrogen-bond donors (Lipinski definition) is 1. The van der Waals surface area contributed by atoms with Gasteiger partial charge in [0.1, 0.15) is 0 Å². The lowest BCUT2D eigenvalue weighted by atomic mass is 9.86. The highest BCUT2D eigenvalue weighted by molar-refractivity contribution is 7.89. The highest BCUT2D eigenvalue weighted by atomic mass is 32.2. The molecule has 23 heavy (non-hydrogen) atoms. The Bertz CT molecular complexity index is 661. The third-order valence-corrected chi connectivity index (χ3v) is 6.67. The molecule has 3 rings (SSSR count). The number of nitrogens with one attached hydrogen (secondary N) is 1. The van der Waals surface area contributed by atoms with Crippen LogP contribution in [0.5, 0.6) is 0 Å². The predicted molar refractivity (Wildman–Crippen MR) is 85.6 cm³/mol. The number of rotatable bonds is 4. The molecule has 2 heterocycles. The minimum absolute atomic E-state index is 0.0699. The number of amides is 1. The number of nitrogens with zero attached hydrogens (tertiary/aromatic N) is 1. The molecule has 1 N–H and O–H groups in total. The van der Waals surface area contributed by atoms with Crippen molar-refractivity contribution in [1.82, 2.24) is 9.62 Å². The van der Waals surface area contributed by atoms with Crippen molar-refractivity contribution in [2.45, 2.75) is 56.6 Å². The maximum atomic E-state index is 12.4. The Morgan fingerprint density at radius 3 is 2.57 bits per heavy atom. The van der Waals surface area contributed by atoms with E-state index < -0.39 is 10.0 Å². The molecule has 1 saturated heterocycles. The fraction of sp³-hybridized carbons (Fsp3) is 0.688. The Kier molecular flexibility index (Phi) is 4.77. The maximum absolute atomic E-state index is 12.4. The van der Waals surface area contributed by atoms with Crippen molar-refractivity contribution in [3.8, 4) is 0 Å². The summed E-state index contributed by atoms with van der Waals surface area (Å²) < 4.78 is 31.6.